The third-order valence-corrected chi connectivity index (χ3v) is 18.2. The molecule has 14 aromatic carbocycles. The van der Waals surface area contributed by atoms with Crippen molar-refractivity contribution in [2.45, 2.75) is 14.9 Å². The van der Waals surface area contributed by atoms with Gasteiger partial charge in [-0.15, -0.1) is 0 Å². The predicted octanol–water partition coefficient (Wildman–Crippen LogP) is 24.4. The van der Waals surface area contributed by atoms with Gasteiger partial charge >= 0.3 is 0 Å². The van der Waals surface area contributed by atoms with Gasteiger partial charge in [-0.05, 0) is 103 Å². The van der Waals surface area contributed by atoms with E-state index >= 15 is 0 Å². The number of hydrogen-bond acceptors (Lipinski definition) is 6. The highest BCUT2D eigenvalue weighted by Crippen LogP contribution is 2.43. The fraction of sp³-hybridized carbons (Fsp3) is 0.0233. The van der Waals surface area contributed by atoms with Gasteiger partial charge in [-0.1, -0.05) is 282 Å². The number of benzene rings is 14. The minimum absolute atomic E-state index is 0. The molecule has 0 spiro atoms. The van der Waals surface area contributed by atoms with Crippen molar-refractivity contribution in [2.75, 3.05) is 0 Å². The van der Waals surface area contributed by atoms with Crippen LogP contribution in [0.3, 0.4) is 0 Å². The van der Waals surface area contributed by atoms with Crippen LogP contribution in [0.25, 0.3) is 182 Å². The number of halogens is 1. The fourth-order valence-electron chi connectivity index (χ4n) is 13.7. The monoisotopic (exact) mass is 1240 g/mol. The number of aromatic amines is 1. The minimum atomic E-state index is 0. The third kappa shape index (κ3) is 9.86. The van der Waals surface area contributed by atoms with Crippen LogP contribution in [0.4, 0.5) is 0 Å². The van der Waals surface area contributed by atoms with E-state index in [1.807, 2.05) is 78.9 Å². The quantitative estimate of drug-likeness (QED) is 0.172. The third-order valence-electron chi connectivity index (χ3n) is 18.1. The van der Waals surface area contributed by atoms with Crippen molar-refractivity contribution in [3.05, 3.63) is 309 Å². The van der Waals surface area contributed by atoms with Crippen molar-refractivity contribution in [3.63, 3.8) is 0 Å². The minimum Gasteiger partial charge on any atom is -0.452 e. The summed E-state index contributed by atoms with van der Waals surface area (Å²) in [5, 5.41) is 17.1. The molecule has 0 atom stereocenters. The molecule has 6 heterocycles. The molecule has 95 heavy (non-hydrogen) atoms. The first-order valence-electron chi connectivity index (χ1n) is 31.0. The van der Waals surface area contributed by atoms with Crippen LogP contribution >= 0.6 is 11.6 Å². The molecule has 0 bridgehead atoms. The largest absolute Gasteiger partial charge is 0.452 e. The molecule has 6 aromatic heterocycles. The second-order valence-corrected chi connectivity index (χ2v) is 23.7. The Morgan fingerprint density at radius 3 is 1.29 bits per heavy atom. The molecule has 452 valence electrons. The smallest absolute Gasteiger partial charge is 0.236 e. The molecule has 0 saturated heterocycles. The Labute approximate surface area is 551 Å². The number of nitrogens with one attached hydrogen (secondary N) is 1. The van der Waals surface area contributed by atoms with Crippen LogP contribution in [-0.2, 0) is 0 Å². The number of rotatable bonds is 5. The van der Waals surface area contributed by atoms with Crippen molar-refractivity contribution in [3.8, 4) is 50.7 Å². The standard InChI is InChI=1S/C42H25N3O.C22H13ClN2O.C20H13N.2CH4/c1-2-10-26(11-3-1)27-18-20-30(21-19-27)38-41-39(33-16-8-9-17-36(33)46-41)44-42(43-38)45-35-25-23-28-12-4-6-14-31(28)37(35)34-24-22-29-13-5-7-15-32(29)40(34)45;23-22-24-19(21-20(25-22)17-8-4-5-9-18(17)26-21)16-12-10-15(11-13-16)14-6-2-1-3-7-14;1-3-7-15-13(5-1)10-12-18-19(15)17-11-9-14-6-2-4-8-16(14)20(17)21-18;;/h1-25H;1-13H;1-12,21H;2*1H4. The number of nitrogens with zero attached hydrogens (tertiary/aromatic N) is 5. The highest BCUT2D eigenvalue weighted by atomic mass is 35.5. The van der Waals surface area contributed by atoms with Crippen molar-refractivity contribution >= 4 is 142 Å². The van der Waals surface area contributed by atoms with Crippen LogP contribution in [0.5, 0.6) is 0 Å². The number of fused-ring (bicyclic) bond motifs is 20. The first-order chi connectivity index (χ1) is 46.0. The lowest BCUT2D eigenvalue weighted by Crippen LogP contribution is -2.03. The Morgan fingerprint density at radius 1 is 0.305 bits per heavy atom. The molecule has 0 aliphatic rings. The van der Waals surface area contributed by atoms with E-state index in [0.717, 1.165) is 77.3 Å². The first kappa shape index (κ1) is 57.9. The zero-order valence-electron chi connectivity index (χ0n) is 49.8. The van der Waals surface area contributed by atoms with Gasteiger partial charge in [0.2, 0.25) is 11.2 Å². The number of furan rings is 2. The summed E-state index contributed by atoms with van der Waals surface area (Å²) in [4.78, 5) is 23.1. The topological polar surface area (TPSA) is 98.6 Å². The van der Waals surface area contributed by atoms with Crippen LogP contribution in [0.15, 0.2) is 312 Å². The van der Waals surface area contributed by atoms with Crippen molar-refractivity contribution < 1.29 is 8.83 Å². The number of para-hydroxylation sites is 2. The molecule has 20 rings (SSSR count). The summed E-state index contributed by atoms with van der Waals surface area (Å²) < 4.78 is 14.8. The maximum atomic E-state index is 6.49. The zero-order valence-corrected chi connectivity index (χ0v) is 50.6. The molecular formula is C86H59ClN6O2. The van der Waals surface area contributed by atoms with Crippen molar-refractivity contribution in [1.29, 1.82) is 0 Å². The molecule has 0 saturated carbocycles. The first-order valence-corrected chi connectivity index (χ1v) is 31.4. The molecule has 0 amide bonds. The molecule has 8 nitrogen and oxygen atoms in total. The SMILES string of the molecule is C.C.Clc1nc(-c2ccc(-c3ccccc3)cc2)c2oc3ccccc3c2n1.c1ccc(-c2ccc(-c3nc(-n4c5ccc6ccccc6c5c5ccc6ccccc6c54)nc4c3oc3ccccc34)cc2)cc1.c1ccc2c(c1)ccc1c2[nH]c2ccc3ccccc3c21. The van der Waals surface area contributed by atoms with Crippen LogP contribution < -0.4 is 0 Å². The second kappa shape index (κ2) is 23.8. The number of aromatic nitrogens is 6. The maximum Gasteiger partial charge on any atom is 0.236 e. The van der Waals surface area contributed by atoms with E-state index < -0.39 is 0 Å². The van der Waals surface area contributed by atoms with Crippen LogP contribution in [-0.4, -0.2) is 29.5 Å². The van der Waals surface area contributed by atoms with Gasteiger partial charge in [0.05, 0.1) is 16.6 Å². The highest BCUT2D eigenvalue weighted by Gasteiger charge is 2.24. The Bertz CT molecular complexity index is 6310. The van der Waals surface area contributed by atoms with Gasteiger partial charge in [0, 0.05) is 59.7 Å². The summed E-state index contributed by atoms with van der Waals surface area (Å²) in [7, 11) is 0. The summed E-state index contributed by atoms with van der Waals surface area (Å²) in [6, 6.07) is 105. The summed E-state index contributed by atoms with van der Waals surface area (Å²) in [6.45, 7) is 0. The summed E-state index contributed by atoms with van der Waals surface area (Å²) in [6.07, 6.45) is 0. The van der Waals surface area contributed by atoms with E-state index in [1.165, 1.54) is 81.4 Å². The molecule has 20 aromatic rings. The van der Waals surface area contributed by atoms with E-state index in [0.29, 0.717) is 22.8 Å². The Hall–Kier alpha value is -12.2. The van der Waals surface area contributed by atoms with Gasteiger partial charge in [-0.25, -0.2) is 19.9 Å². The van der Waals surface area contributed by atoms with E-state index in [-0.39, 0.29) is 20.1 Å². The van der Waals surface area contributed by atoms with Gasteiger partial charge in [0.15, 0.2) is 11.2 Å². The molecule has 9 heteroatoms. The normalized spacial score (nSPS) is 11.5. The van der Waals surface area contributed by atoms with Crippen molar-refractivity contribution in [1.82, 2.24) is 29.5 Å². The Balaban J connectivity index is 0.000000123. The lowest BCUT2D eigenvalue weighted by Gasteiger charge is -2.11. The number of hydrogen-bond donors (Lipinski definition) is 1. The molecule has 0 fully saturated rings. The molecular weight excluding hydrogens is 1180 g/mol. The van der Waals surface area contributed by atoms with Crippen LogP contribution in [0.2, 0.25) is 5.28 Å². The summed E-state index contributed by atoms with van der Waals surface area (Å²) in [5.74, 6) is 0.618. The zero-order chi connectivity index (χ0) is 61.5. The lowest BCUT2D eigenvalue weighted by molar-refractivity contribution is 0.666. The van der Waals surface area contributed by atoms with E-state index in [1.54, 1.807) is 0 Å². The Kier molecular flexibility index (Phi) is 14.5. The van der Waals surface area contributed by atoms with Gasteiger partial charge in [-0.3, -0.25) is 4.57 Å². The second-order valence-electron chi connectivity index (χ2n) is 23.4. The molecule has 1 N–H and O–H groups in total. The summed E-state index contributed by atoms with van der Waals surface area (Å²) >= 11 is 6.19. The maximum absolute atomic E-state index is 6.49. The summed E-state index contributed by atoms with van der Waals surface area (Å²) in [5.41, 5.74) is 17.1. The predicted molar refractivity (Wildman–Crippen MR) is 399 cm³/mol. The molecule has 0 aliphatic carbocycles. The molecule has 0 radical (unpaired) electrons. The lowest BCUT2D eigenvalue weighted by atomic mass is 10.0. The molecule has 0 aliphatic heterocycles. The van der Waals surface area contributed by atoms with Gasteiger partial charge in [0.25, 0.3) is 0 Å². The average molecular weight is 1240 g/mol. The van der Waals surface area contributed by atoms with Crippen LogP contribution in [0.1, 0.15) is 14.9 Å². The highest BCUT2D eigenvalue weighted by molar-refractivity contribution is 6.29. The van der Waals surface area contributed by atoms with Crippen LogP contribution in [0, 0.1) is 0 Å². The van der Waals surface area contributed by atoms with Crippen molar-refractivity contribution in [2.24, 2.45) is 0 Å². The van der Waals surface area contributed by atoms with E-state index in [2.05, 4.69) is 244 Å². The van der Waals surface area contributed by atoms with Gasteiger partial charge in [-0.2, -0.15) is 0 Å². The fourth-order valence-corrected chi connectivity index (χ4v) is 13.9. The van der Waals surface area contributed by atoms with E-state index in [4.69, 9.17) is 30.4 Å². The molecule has 0 unspecified atom stereocenters. The van der Waals surface area contributed by atoms with Gasteiger partial charge in [0.1, 0.15) is 33.6 Å². The number of H-pyrrole nitrogens is 1. The van der Waals surface area contributed by atoms with E-state index in [9.17, 15) is 0 Å². The average Bonchev–Trinajstić information content (AvgIpc) is 1.57. The van der Waals surface area contributed by atoms with Gasteiger partial charge < -0.3 is 13.8 Å². The Morgan fingerprint density at radius 2 is 0.716 bits per heavy atom.